The van der Waals surface area contributed by atoms with Crippen molar-refractivity contribution in [2.24, 2.45) is 0 Å². The topological polar surface area (TPSA) is 71.5 Å². The molecule has 1 fully saturated rings. The van der Waals surface area contributed by atoms with Crippen molar-refractivity contribution in [2.45, 2.75) is 25.5 Å². The molecule has 0 spiro atoms. The number of hydrogen-bond donors (Lipinski definition) is 1. The zero-order chi connectivity index (χ0) is 22.1. The number of methoxy groups -OCH3 is 1. The fourth-order valence-corrected chi connectivity index (χ4v) is 3.55. The molecule has 3 rings (SSSR count). The minimum atomic E-state index is -0.605. The van der Waals surface area contributed by atoms with Crippen molar-refractivity contribution in [2.75, 3.05) is 47.0 Å². The Bertz CT molecular complexity index is 804. The summed E-state index contributed by atoms with van der Waals surface area (Å²) in [6, 6.07) is 15.0. The molecule has 1 N–H and O–H groups in total. The summed E-state index contributed by atoms with van der Waals surface area (Å²) < 4.78 is 16.4. The van der Waals surface area contributed by atoms with Gasteiger partial charge in [-0.25, -0.2) is 0 Å². The normalized spacial score (nSPS) is 14.5. The van der Waals surface area contributed by atoms with Gasteiger partial charge in [0, 0.05) is 26.2 Å². The lowest BCUT2D eigenvalue weighted by Crippen LogP contribution is -2.32. The summed E-state index contributed by atoms with van der Waals surface area (Å²) >= 11 is 0. The van der Waals surface area contributed by atoms with E-state index in [1.54, 1.807) is 7.11 Å². The van der Waals surface area contributed by atoms with Crippen LogP contribution in [-0.4, -0.2) is 73.9 Å². The minimum absolute atomic E-state index is 0.0483. The molecule has 2 aromatic rings. The molecule has 2 aromatic carbocycles. The first-order chi connectivity index (χ1) is 15.0. The third-order valence-electron chi connectivity index (χ3n) is 5.22. The van der Waals surface area contributed by atoms with Gasteiger partial charge in [-0.3, -0.25) is 9.69 Å². The van der Waals surface area contributed by atoms with Crippen LogP contribution in [0.5, 0.6) is 17.2 Å². The van der Waals surface area contributed by atoms with Crippen LogP contribution in [0.4, 0.5) is 0 Å². The molecule has 0 aromatic heterocycles. The molecule has 168 valence electrons. The van der Waals surface area contributed by atoms with Crippen molar-refractivity contribution in [3.8, 4) is 17.2 Å². The summed E-state index contributed by atoms with van der Waals surface area (Å²) in [5.74, 6) is 2.20. The first-order valence-electron chi connectivity index (χ1n) is 10.7. The molecule has 7 nitrogen and oxygen atoms in total. The van der Waals surface area contributed by atoms with Crippen LogP contribution in [-0.2, 0) is 11.3 Å². The van der Waals surface area contributed by atoms with E-state index in [1.165, 1.54) is 0 Å². The van der Waals surface area contributed by atoms with E-state index in [0.29, 0.717) is 24.6 Å². The van der Waals surface area contributed by atoms with Gasteiger partial charge in [0.15, 0.2) is 6.61 Å². The molecule has 0 bridgehead atoms. The summed E-state index contributed by atoms with van der Waals surface area (Å²) in [5.41, 5.74) is 1.10. The number of amides is 1. The number of aliphatic hydroxyl groups excluding tert-OH is 1. The number of rotatable bonds is 11. The van der Waals surface area contributed by atoms with Crippen LogP contribution < -0.4 is 14.2 Å². The van der Waals surface area contributed by atoms with E-state index in [4.69, 9.17) is 14.2 Å². The molecule has 31 heavy (non-hydrogen) atoms. The maximum absolute atomic E-state index is 12.1. The molecule has 0 radical (unpaired) electrons. The minimum Gasteiger partial charge on any atom is -0.497 e. The maximum atomic E-state index is 12.1. The van der Waals surface area contributed by atoms with E-state index in [0.717, 1.165) is 37.2 Å². The third-order valence-corrected chi connectivity index (χ3v) is 5.22. The number of aliphatic hydroxyl groups is 1. The number of ether oxygens (including phenoxy) is 3. The van der Waals surface area contributed by atoms with Gasteiger partial charge in [-0.1, -0.05) is 12.1 Å². The average molecular weight is 429 g/mol. The highest BCUT2D eigenvalue weighted by Crippen LogP contribution is 2.18. The van der Waals surface area contributed by atoms with Crippen molar-refractivity contribution in [1.29, 1.82) is 0 Å². The molecular weight excluding hydrogens is 396 g/mol. The van der Waals surface area contributed by atoms with E-state index in [-0.39, 0.29) is 19.1 Å². The van der Waals surface area contributed by atoms with Gasteiger partial charge in [0.2, 0.25) is 0 Å². The van der Waals surface area contributed by atoms with Crippen molar-refractivity contribution in [1.82, 2.24) is 9.80 Å². The molecule has 1 amide bonds. The van der Waals surface area contributed by atoms with Crippen molar-refractivity contribution < 1.29 is 24.1 Å². The fraction of sp³-hybridized carbons (Fsp3) is 0.458. The van der Waals surface area contributed by atoms with E-state index in [2.05, 4.69) is 0 Å². The largest absolute Gasteiger partial charge is 0.497 e. The lowest BCUT2D eigenvalue weighted by Gasteiger charge is -2.21. The van der Waals surface area contributed by atoms with Crippen LogP contribution in [0.15, 0.2) is 48.5 Å². The number of carbonyl (C=O) groups excluding carboxylic acids is 1. The number of likely N-dealkylation sites (N-methyl/N-ethyl adjacent to an activating group) is 1. The Hall–Kier alpha value is -2.77. The second kappa shape index (κ2) is 11.6. The van der Waals surface area contributed by atoms with Gasteiger partial charge in [-0.15, -0.1) is 0 Å². The van der Waals surface area contributed by atoms with Gasteiger partial charge < -0.3 is 24.2 Å². The van der Waals surface area contributed by atoms with E-state index in [1.807, 2.05) is 65.4 Å². The average Bonchev–Trinajstić information content (AvgIpc) is 3.32. The molecule has 1 aliphatic heterocycles. The lowest BCUT2D eigenvalue weighted by molar-refractivity contribution is -0.132. The second-order valence-corrected chi connectivity index (χ2v) is 7.86. The van der Waals surface area contributed by atoms with Crippen LogP contribution in [0, 0.1) is 0 Å². The Morgan fingerprint density at radius 3 is 2.23 bits per heavy atom. The Labute approximate surface area is 184 Å². The van der Waals surface area contributed by atoms with Crippen molar-refractivity contribution in [3.63, 3.8) is 0 Å². The Kier molecular flexibility index (Phi) is 8.55. The summed E-state index contributed by atoms with van der Waals surface area (Å²) in [5, 5.41) is 10.3. The Morgan fingerprint density at radius 2 is 1.58 bits per heavy atom. The molecule has 1 atom stereocenters. The molecule has 7 heteroatoms. The SMILES string of the molecule is COc1ccc(OCC(O)CN(C)Cc2ccc(OCC(=O)N3CCCC3)cc2)cc1. The summed E-state index contributed by atoms with van der Waals surface area (Å²) in [4.78, 5) is 16.0. The van der Waals surface area contributed by atoms with Gasteiger partial charge in [-0.05, 0) is 61.9 Å². The lowest BCUT2D eigenvalue weighted by atomic mass is 10.2. The molecule has 1 heterocycles. The van der Waals surface area contributed by atoms with E-state index < -0.39 is 6.10 Å². The predicted molar refractivity (Wildman–Crippen MR) is 119 cm³/mol. The molecule has 1 aliphatic rings. The van der Waals surface area contributed by atoms with Gasteiger partial charge >= 0.3 is 0 Å². The predicted octanol–water partition coefficient (Wildman–Crippen LogP) is 2.57. The number of hydrogen-bond acceptors (Lipinski definition) is 6. The molecule has 1 saturated heterocycles. The zero-order valence-electron chi connectivity index (χ0n) is 18.3. The fourth-order valence-electron chi connectivity index (χ4n) is 3.55. The number of nitrogens with zero attached hydrogens (tertiary/aromatic N) is 2. The number of carbonyl (C=O) groups is 1. The molecule has 0 aliphatic carbocycles. The second-order valence-electron chi connectivity index (χ2n) is 7.86. The highest BCUT2D eigenvalue weighted by molar-refractivity contribution is 5.78. The van der Waals surface area contributed by atoms with Gasteiger partial charge in [0.25, 0.3) is 5.91 Å². The van der Waals surface area contributed by atoms with Crippen LogP contribution in [0.1, 0.15) is 18.4 Å². The summed E-state index contributed by atoms with van der Waals surface area (Å²) in [6.07, 6.45) is 1.55. The monoisotopic (exact) mass is 428 g/mol. The Morgan fingerprint density at radius 1 is 1.00 bits per heavy atom. The van der Waals surface area contributed by atoms with Gasteiger partial charge in [0.05, 0.1) is 7.11 Å². The summed E-state index contributed by atoms with van der Waals surface area (Å²) in [7, 11) is 3.57. The summed E-state index contributed by atoms with van der Waals surface area (Å²) in [6.45, 7) is 3.15. The first kappa shape index (κ1) is 22.9. The van der Waals surface area contributed by atoms with Crippen molar-refractivity contribution >= 4 is 5.91 Å². The molecular formula is C24H32N2O5. The first-order valence-corrected chi connectivity index (χ1v) is 10.7. The van der Waals surface area contributed by atoms with Crippen LogP contribution >= 0.6 is 0 Å². The van der Waals surface area contributed by atoms with E-state index in [9.17, 15) is 9.90 Å². The van der Waals surface area contributed by atoms with Crippen LogP contribution in [0.25, 0.3) is 0 Å². The van der Waals surface area contributed by atoms with E-state index >= 15 is 0 Å². The molecule has 0 saturated carbocycles. The number of likely N-dealkylation sites (tertiary alicyclic amines) is 1. The highest BCUT2D eigenvalue weighted by Gasteiger charge is 2.18. The quantitative estimate of drug-likeness (QED) is 0.593. The Balaban J connectivity index is 1.37. The number of benzene rings is 2. The van der Waals surface area contributed by atoms with Crippen LogP contribution in [0.2, 0.25) is 0 Å². The smallest absolute Gasteiger partial charge is 0.260 e. The van der Waals surface area contributed by atoms with Crippen molar-refractivity contribution in [3.05, 3.63) is 54.1 Å². The third kappa shape index (κ3) is 7.45. The molecule has 1 unspecified atom stereocenters. The highest BCUT2D eigenvalue weighted by atomic mass is 16.5. The van der Waals surface area contributed by atoms with Crippen LogP contribution in [0.3, 0.4) is 0 Å². The maximum Gasteiger partial charge on any atom is 0.260 e. The zero-order valence-corrected chi connectivity index (χ0v) is 18.3. The van der Waals surface area contributed by atoms with Gasteiger partial charge in [-0.2, -0.15) is 0 Å². The van der Waals surface area contributed by atoms with Gasteiger partial charge in [0.1, 0.15) is 30.0 Å². The standard InChI is InChI=1S/C24H32N2O5/c1-25(16-20(27)17-30-23-11-9-21(29-2)10-12-23)15-19-5-7-22(8-6-19)31-18-24(28)26-13-3-4-14-26/h5-12,20,27H,3-4,13-18H2,1-2H3.